The molecule has 2 N–H and O–H groups in total. The second-order valence-corrected chi connectivity index (χ2v) is 8.28. The van der Waals surface area contributed by atoms with Crippen LogP contribution < -0.4 is 15.4 Å². The number of benzene rings is 2. The van der Waals surface area contributed by atoms with E-state index in [1.807, 2.05) is 19.1 Å². The quantitative estimate of drug-likeness (QED) is 0.578. The van der Waals surface area contributed by atoms with E-state index < -0.39 is 0 Å². The lowest BCUT2D eigenvalue weighted by Crippen LogP contribution is -2.34. The number of hydrogen-bond acceptors (Lipinski definition) is 4. The van der Waals surface area contributed by atoms with Crippen LogP contribution in [0.15, 0.2) is 46.9 Å². The van der Waals surface area contributed by atoms with E-state index in [1.54, 1.807) is 18.2 Å². The number of piperidine rings is 1. The molecule has 0 atom stereocenters. The summed E-state index contributed by atoms with van der Waals surface area (Å²) < 4.78 is 6.20. The predicted molar refractivity (Wildman–Crippen MR) is 125 cm³/mol. The van der Waals surface area contributed by atoms with Crippen molar-refractivity contribution in [2.24, 2.45) is 0 Å². The van der Waals surface area contributed by atoms with Crippen LogP contribution in [0.5, 0.6) is 5.75 Å². The number of ether oxygens (including phenoxy) is 1. The van der Waals surface area contributed by atoms with Crippen LogP contribution in [0.4, 0.5) is 5.69 Å². The lowest BCUT2D eigenvalue weighted by molar-refractivity contribution is 0.0977. The first-order chi connectivity index (χ1) is 14.0. The summed E-state index contributed by atoms with van der Waals surface area (Å²) in [5.74, 6) is 0.433. The molecule has 3 rings (SSSR count). The smallest absolute Gasteiger partial charge is 0.257 e. The van der Waals surface area contributed by atoms with Crippen LogP contribution >= 0.6 is 28.1 Å². The molecule has 7 heteroatoms. The van der Waals surface area contributed by atoms with Crippen molar-refractivity contribution in [2.75, 3.05) is 25.0 Å². The summed E-state index contributed by atoms with van der Waals surface area (Å²) in [6.07, 6.45) is 3.92. The average Bonchev–Trinajstić information content (AvgIpc) is 2.72. The van der Waals surface area contributed by atoms with E-state index in [1.165, 1.54) is 37.9 Å². The highest BCUT2D eigenvalue weighted by atomic mass is 79.9. The Bertz CT molecular complexity index is 852. The molecule has 5 nitrogen and oxygen atoms in total. The molecule has 154 valence electrons. The van der Waals surface area contributed by atoms with Crippen LogP contribution in [0.3, 0.4) is 0 Å². The molecular weight excluding hydrogens is 450 g/mol. The van der Waals surface area contributed by atoms with Gasteiger partial charge in [0.2, 0.25) is 0 Å². The zero-order valence-electron chi connectivity index (χ0n) is 16.5. The molecule has 1 aliphatic rings. The molecule has 0 saturated carbocycles. The number of carbonyl (C=O) groups is 1. The largest absolute Gasteiger partial charge is 0.493 e. The van der Waals surface area contributed by atoms with Crippen molar-refractivity contribution in [3.05, 3.63) is 58.1 Å². The number of hydrogen-bond donors (Lipinski definition) is 2. The van der Waals surface area contributed by atoms with E-state index in [-0.39, 0.29) is 11.0 Å². The Kier molecular flexibility index (Phi) is 8.03. The molecule has 2 aromatic carbocycles. The summed E-state index contributed by atoms with van der Waals surface area (Å²) >= 11 is 8.71. The Morgan fingerprint density at radius 3 is 2.52 bits per heavy atom. The van der Waals surface area contributed by atoms with E-state index in [9.17, 15) is 4.79 Å². The van der Waals surface area contributed by atoms with E-state index in [0.717, 1.165) is 16.7 Å². The van der Waals surface area contributed by atoms with Crippen LogP contribution in [-0.2, 0) is 6.54 Å². The molecule has 1 fully saturated rings. The third-order valence-corrected chi connectivity index (χ3v) is 5.61. The summed E-state index contributed by atoms with van der Waals surface area (Å²) in [6.45, 7) is 5.82. The van der Waals surface area contributed by atoms with E-state index in [2.05, 4.69) is 43.6 Å². The lowest BCUT2D eigenvalue weighted by Gasteiger charge is -2.26. The Hall–Kier alpha value is -1.96. The number of amides is 1. The Morgan fingerprint density at radius 2 is 1.86 bits per heavy atom. The van der Waals surface area contributed by atoms with Crippen molar-refractivity contribution in [3.63, 3.8) is 0 Å². The zero-order chi connectivity index (χ0) is 20.6. The standard InChI is InChI=1S/C22H26BrN3O2S/c1-2-28-20-11-8-17(14-19(20)23)21(27)25-22(29)24-18-9-6-16(7-10-18)15-26-12-4-3-5-13-26/h6-11,14H,2-5,12-13,15H2,1H3,(H2,24,25,27,29). The number of rotatable bonds is 6. The van der Waals surface area contributed by atoms with Crippen LogP contribution in [0.1, 0.15) is 42.1 Å². The maximum absolute atomic E-state index is 12.4. The lowest BCUT2D eigenvalue weighted by atomic mass is 10.1. The molecule has 29 heavy (non-hydrogen) atoms. The van der Waals surface area contributed by atoms with E-state index in [4.69, 9.17) is 17.0 Å². The van der Waals surface area contributed by atoms with Gasteiger partial charge in [-0.3, -0.25) is 15.0 Å². The number of nitrogens with zero attached hydrogens (tertiary/aromatic N) is 1. The van der Waals surface area contributed by atoms with Crippen molar-refractivity contribution in [1.82, 2.24) is 10.2 Å². The summed E-state index contributed by atoms with van der Waals surface area (Å²) in [5, 5.41) is 6.05. The Labute approximate surface area is 185 Å². The Morgan fingerprint density at radius 1 is 1.14 bits per heavy atom. The van der Waals surface area contributed by atoms with Crippen LogP contribution in [0, 0.1) is 0 Å². The van der Waals surface area contributed by atoms with Gasteiger partial charge in [-0.15, -0.1) is 0 Å². The number of anilines is 1. The zero-order valence-corrected chi connectivity index (χ0v) is 18.9. The van der Waals surface area contributed by atoms with Gasteiger partial charge in [0.25, 0.3) is 5.91 Å². The molecular formula is C22H26BrN3O2S. The number of likely N-dealkylation sites (tertiary alicyclic amines) is 1. The second kappa shape index (κ2) is 10.7. The molecule has 1 heterocycles. The van der Waals surface area contributed by atoms with Crippen LogP contribution in [-0.4, -0.2) is 35.6 Å². The minimum absolute atomic E-state index is 0.267. The molecule has 0 bridgehead atoms. The van der Waals surface area contributed by atoms with Gasteiger partial charge < -0.3 is 10.1 Å². The molecule has 0 aromatic heterocycles. The van der Waals surface area contributed by atoms with Crippen molar-refractivity contribution in [3.8, 4) is 5.75 Å². The summed E-state index contributed by atoms with van der Waals surface area (Å²) in [7, 11) is 0. The molecule has 1 aliphatic heterocycles. The fourth-order valence-electron chi connectivity index (χ4n) is 3.32. The summed E-state index contributed by atoms with van der Waals surface area (Å²) in [4.78, 5) is 14.9. The Balaban J connectivity index is 1.52. The molecule has 0 aliphatic carbocycles. The van der Waals surface area contributed by atoms with Gasteiger partial charge >= 0.3 is 0 Å². The van der Waals surface area contributed by atoms with Gasteiger partial charge in [-0.25, -0.2) is 0 Å². The topological polar surface area (TPSA) is 53.6 Å². The molecule has 2 aromatic rings. The molecule has 0 spiro atoms. The van der Waals surface area contributed by atoms with Crippen molar-refractivity contribution in [1.29, 1.82) is 0 Å². The normalized spacial score (nSPS) is 14.3. The number of halogens is 1. The average molecular weight is 476 g/mol. The number of carbonyl (C=O) groups excluding carboxylic acids is 1. The monoisotopic (exact) mass is 475 g/mol. The van der Waals surface area contributed by atoms with Gasteiger partial charge in [-0.1, -0.05) is 18.6 Å². The van der Waals surface area contributed by atoms with Crippen LogP contribution in [0.25, 0.3) is 0 Å². The van der Waals surface area contributed by atoms with E-state index >= 15 is 0 Å². The highest BCUT2D eigenvalue weighted by Crippen LogP contribution is 2.26. The van der Waals surface area contributed by atoms with Crippen LogP contribution in [0.2, 0.25) is 0 Å². The molecule has 1 amide bonds. The SMILES string of the molecule is CCOc1ccc(C(=O)NC(=S)Nc2ccc(CN3CCCCC3)cc2)cc1Br. The predicted octanol–water partition coefficient (Wildman–Crippen LogP) is 4.96. The summed E-state index contributed by atoms with van der Waals surface area (Å²) in [6, 6.07) is 13.4. The van der Waals surface area contributed by atoms with Gasteiger partial charge in [0.1, 0.15) is 5.75 Å². The first-order valence-electron chi connectivity index (χ1n) is 9.91. The van der Waals surface area contributed by atoms with Crippen molar-refractivity contribution in [2.45, 2.75) is 32.7 Å². The van der Waals surface area contributed by atoms with Crippen molar-refractivity contribution >= 4 is 44.9 Å². The summed E-state index contributed by atoms with van der Waals surface area (Å²) in [5.41, 5.74) is 2.64. The van der Waals surface area contributed by atoms with Crippen molar-refractivity contribution < 1.29 is 9.53 Å². The molecule has 0 unspecified atom stereocenters. The van der Waals surface area contributed by atoms with Gasteiger partial charge in [0.15, 0.2) is 5.11 Å². The number of nitrogens with one attached hydrogen (secondary N) is 2. The minimum atomic E-state index is -0.270. The van der Waals surface area contributed by atoms with Gasteiger partial charge in [-0.2, -0.15) is 0 Å². The van der Waals surface area contributed by atoms with Gasteiger partial charge in [-0.05, 0) is 96.9 Å². The minimum Gasteiger partial charge on any atom is -0.493 e. The van der Waals surface area contributed by atoms with Gasteiger partial charge in [0, 0.05) is 17.8 Å². The highest BCUT2D eigenvalue weighted by molar-refractivity contribution is 9.10. The maximum atomic E-state index is 12.4. The molecule has 0 radical (unpaired) electrons. The maximum Gasteiger partial charge on any atom is 0.257 e. The fraction of sp³-hybridized carbons (Fsp3) is 0.364. The fourth-order valence-corrected chi connectivity index (χ4v) is 4.03. The highest BCUT2D eigenvalue weighted by Gasteiger charge is 2.12. The number of thiocarbonyl (C=S) groups is 1. The first-order valence-corrected chi connectivity index (χ1v) is 11.1. The third-order valence-electron chi connectivity index (χ3n) is 4.79. The second-order valence-electron chi connectivity index (χ2n) is 7.02. The third kappa shape index (κ3) is 6.52. The molecule has 1 saturated heterocycles. The van der Waals surface area contributed by atoms with E-state index in [0.29, 0.717) is 17.9 Å². The first kappa shape index (κ1) is 21.7. The van der Waals surface area contributed by atoms with Gasteiger partial charge in [0.05, 0.1) is 11.1 Å².